The van der Waals surface area contributed by atoms with E-state index in [1.807, 2.05) is 6.92 Å². The van der Waals surface area contributed by atoms with E-state index < -0.39 is 5.60 Å². The predicted molar refractivity (Wildman–Crippen MR) is 77.6 cm³/mol. The SMILES string of the molecule is CCOC(=O)C1CCC(O)(CNC2CCC(=O)NC2)CC1. The molecule has 0 aromatic rings. The van der Waals surface area contributed by atoms with E-state index >= 15 is 0 Å². The van der Waals surface area contributed by atoms with Gasteiger partial charge in [-0.05, 0) is 39.0 Å². The molecule has 1 unspecified atom stereocenters. The molecule has 2 aliphatic rings. The van der Waals surface area contributed by atoms with Crippen LogP contribution in [0.1, 0.15) is 45.4 Å². The molecular weight excluding hydrogens is 272 g/mol. The summed E-state index contributed by atoms with van der Waals surface area (Å²) in [5.41, 5.74) is -0.746. The first-order valence-corrected chi connectivity index (χ1v) is 7.91. The molecule has 1 heterocycles. The van der Waals surface area contributed by atoms with Crippen LogP contribution in [0.15, 0.2) is 0 Å². The van der Waals surface area contributed by atoms with Gasteiger partial charge in [0.1, 0.15) is 0 Å². The Bertz CT molecular complexity index is 368. The lowest BCUT2D eigenvalue weighted by Gasteiger charge is -2.37. The molecule has 1 aliphatic heterocycles. The smallest absolute Gasteiger partial charge is 0.308 e. The van der Waals surface area contributed by atoms with Gasteiger partial charge >= 0.3 is 5.97 Å². The summed E-state index contributed by atoms with van der Waals surface area (Å²) < 4.78 is 5.04. The average molecular weight is 298 g/mol. The second-order valence-corrected chi connectivity index (χ2v) is 6.17. The maximum absolute atomic E-state index is 11.7. The zero-order chi connectivity index (χ0) is 15.3. The third-order valence-corrected chi connectivity index (χ3v) is 4.52. The first kappa shape index (κ1) is 16.2. The van der Waals surface area contributed by atoms with Crippen molar-refractivity contribution in [2.45, 2.75) is 57.1 Å². The van der Waals surface area contributed by atoms with Crippen LogP contribution in [0, 0.1) is 5.92 Å². The molecule has 0 radical (unpaired) electrons. The molecule has 0 bridgehead atoms. The number of esters is 1. The lowest BCUT2D eigenvalue weighted by molar-refractivity contribution is -0.151. The fourth-order valence-corrected chi connectivity index (χ4v) is 3.07. The number of carbonyl (C=O) groups is 2. The van der Waals surface area contributed by atoms with Crippen molar-refractivity contribution in [1.29, 1.82) is 0 Å². The topological polar surface area (TPSA) is 87.7 Å². The second kappa shape index (κ2) is 7.22. The summed E-state index contributed by atoms with van der Waals surface area (Å²) in [6.45, 7) is 3.36. The minimum absolute atomic E-state index is 0.0702. The van der Waals surface area contributed by atoms with Gasteiger partial charge in [-0.1, -0.05) is 0 Å². The highest BCUT2D eigenvalue weighted by atomic mass is 16.5. The molecule has 0 aromatic carbocycles. The quantitative estimate of drug-likeness (QED) is 0.637. The highest BCUT2D eigenvalue weighted by Crippen LogP contribution is 2.32. The van der Waals surface area contributed by atoms with Crippen LogP contribution in [0.4, 0.5) is 0 Å². The fraction of sp³-hybridized carbons (Fsp3) is 0.867. The lowest BCUT2D eigenvalue weighted by atomic mass is 9.78. The monoisotopic (exact) mass is 298 g/mol. The van der Waals surface area contributed by atoms with Gasteiger partial charge in [-0.2, -0.15) is 0 Å². The van der Waals surface area contributed by atoms with E-state index in [4.69, 9.17) is 4.74 Å². The van der Waals surface area contributed by atoms with Gasteiger partial charge in [-0.3, -0.25) is 9.59 Å². The number of amides is 1. The second-order valence-electron chi connectivity index (χ2n) is 6.17. The Balaban J connectivity index is 1.72. The van der Waals surface area contributed by atoms with Crippen molar-refractivity contribution < 1.29 is 19.4 Å². The molecule has 3 N–H and O–H groups in total. The minimum Gasteiger partial charge on any atom is -0.466 e. The molecular formula is C15H26N2O4. The van der Waals surface area contributed by atoms with Crippen molar-refractivity contribution in [2.75, 3.05) is 19.7 Å². The van der Waals surface area contributed by atoms with Gasteiger partial charge in [0.15, 0.2) is 0 Å². The van der Waals surface area contributed by atoms with Crippen LogP contribution in [0.2, 0.25) is 0 Å². The van der Waals surface area contributed by atoms with E-state index in [2.05, 4.69) is 10.6 Å². The molecule has 1 amide bonds. The number of nitrogens with one attached hydrogen (secondary N) is 2. The first-order valence-electron chi connectivity index (χ1n) is 7.91. The molecule has 21 heavy (non-hydrogen) atoms. The summed E-state index contributed by atoms with van der Waals surface area (Å²) in [5, 5.41) is 16.7. The van der Waals surface area contributed by atoms with Crippen molar-refractivity contribution in [3.05, 3.63) is 0 Å². The van der Waals surface area contributed by atoms with Crippen LogP contribution in [-0.4, -0.2) is 48.3 Å². The Kier molecular flexibility index (Phi) is 5.58. The van der Waals surface area contributed by atoms with Crippen LogP contribution in [0.5, 0.6) is 0 Å². The van der Waals surface area contributed by atoms with Crippen molar-refractivity contribution in [2.24, 2.45) is 5.92 Å². The van der Waals surface area contributed by atoms with Crippen LogP contribution in [0.3, 0.4) is 0 Å². The Hall–Kier alpha value is -1.14. The summed E-state index contributed by atoms with van der Waals surface area (Å²) in [7, 11) is 0. The Morgan fingerprint density at radius 2 is 2.14 bits per heavy atom. The molecule has 1 saturated carbocycles. The molecule has 1 atom stereocenters. The number of ether oxygens (including phenoxy) is 1. The van der Waals surface area contributed by atoms with E-state index in [9.17, 15) is 14.7 Å². The summed E-state index contributed by atoms with van der Waals surface area (Å²) in [5.74, 6) is -0.108. The van der Waals surface area contributed by atoms with Gasteiger partial charge in [0.2, 0.25) is 5.91 Å². The number of hydrogen-bond acceptors (Lipinski definition) is 5. The van der Waals surface area contributed by atoms with E-state index in [0.717, 1.165) is 6.42 Å². The number of hydrogen-bond donors (Lipinski definition) is 3. The van der Waals surface area contributed by atoms with Crippen LogP contribution in [0.25, 0.3) is 0 Å². The Labute approximate surface area is 125 Å². The molecule has 6 heteroatoms. The van der Waals surface area contributed by atoms with Crippen LogP contribution < -0.4 is 10.6 Å². The maximum atomic E-state index is 11.7. The van der Waals surface area contributed by atoms with Gasteiger partial charge in [0.25, 0.3) is 0 Å². The van der Waals surface area contributed by atoms with Crippen molar-refractivity contribution in [1.82, 2.24) is 10.6 Å². The normalized spacial score (nSPS) is 33.3. The van der Waals surface area contributed by atoms with Gasteiger partial charge < -0.3 is 20.5 Å². The number of rotatable bonds is 5. The van der Waals surface area contributed by atoms with Crippen molar-refractivity contribution in [3.8, 4) is 0 Å². The summed E-state index contributed by atoms with van der Waals surface area (Å²) in [6.07, 6.45) is 3.94. The molecule has 0 aromatic heterocycles. The first-order chi connectivity index (χ1) is 10.0. The molecule has 1 saturated heterocycles. The van der Waals surface area contributed by atoms with E-state index in [1.165, 1.54) is 0 Å². The Morgan fingerprint density at radius 1 is 1.43 bits per heavy atom. The number of carbonyl (C=O) groups excluding carboxylic acids is 2. The molecule has 1 aliphatic carbocycles. The lowest BCUT2D eigenvalue weighted by Crippen LogP contribution is -2.52. The van der Waals surface area contributed by atoms with Gasteiger partial charge in [0.05, 0.1) is 18.1 Å². The van der Waals surface area contributed by atoms with E-state index in [1.54, 1.807) is 0 Å². The van der Waals surface area contributed by atoms with E-state index in [0.29, 0.717) is 51.8 Å². The average Bonchev–Trinajstić information content (AvgIpc) is 2.48. The predicted octanol–water partition coefficient (Wildman–Crippen LogP) is 0.339. The number of aliphatic hydroxyl groups is 1. The third kappa shape index (κ3) is 4.68. The molecule has 120 valence electrons. The zero-order valence-corrected chi connectivity index (χ0v) is 12.7. The highest BCUT2D eigenvalue weighted by molar-refractivity contribution is 5.76. The van der Waals surface area contributed by atoms with Gasteiger partial charge in [-0.15, -0.1) is 0 Å². The van der Waals surface area contributed by atoms with E-state index in [-0.39, 0.29) is 23.8 Å². The largest absolute Gasteiger partial charge is 0.466 e. The summed E-state index contributed by atoms with van der Waals surface area (Å²) in [4.78, 5) is 22.8. The standard InChI is InChI=1S/C15H26N2O4/c1-2-21-14(19)11-5-7-15(20,8-6-11)10-17-12-3-4-13(18)16-9-12/h11-12,17,20H,2-10H2,1H3,(H,16,18). The number of piperidine rings is 1. The van der Waals surface area contributed by atoms with Crippen molar-refractivity contribution >= 4 is 11.9 Å². The minimum atomic E-state index is -0.746. The van der Waals surface area contributed by atoms with Gasteiger partial charge in [0, 0.05) is 25.6 Å². The zero-order valence-electron chi connectivity index (χ0n) is 12.7. The van der Waals surface area contributed by atoms with Gasteiger partial charge in [-0.25, -0.2) is 0 Å². The third-order valence-electron chi connectivity index (χ3n) is 4.52. The highest BCUT2D eigenvalue weighted by Gasteiger charge is 2.36. The molecule has 2 rings (SSSR count). The maximum Gasteiger partial charge on any atom is 0.308 e. The molecule has 6 nitrogen and oxygen atoms in total. The van der Waals surface area contributed by atoms with Crippen LogP contribution >= 0.6 is 0 Å². The Morgan fingerprint density at radius 3 is 2.71 bits per heavy atom. The summed E-state index contributed by atoms with van der Waals surface area (Å²) in [6, 6.07) is 0.231. The van der Waals surface area contributed by atoms with Crippen molar-refractivity contribution in [3.63, 3.8) is 0 Å². The molecule has 0 spiro atoms. The van der Waals surface area contributed by atoms with Crippen LogP contribution in [-0.2, 0) is 14.3 Å². The summed E-state index contributed by atoms with van der Waals surface area (Å²) >= 11 is 0. The fourth-order valence-electron chi connectivity index (χ4n) is 3.07. The molecule has 2 fully saturated rings.